The normalized spacial score (nSPS) is 13.0. The number of rotatable bonds is 6. The van der Waals surface area contributed by atoms with Gasteiger partial charge in [0.2, 0.25) is 0 Å². The zero-order valence-electron chi connectivity index (χ0n) is 7.52. The second-order valence-electron chi connectivity index (χ2n) is 2.44. The number of hydrogen-bond acceptors (Lipinski definition) is 3. The van der Waals surface area contributed by atoms with Crippen molar-refractivity contribution in [3.05, 3.63) is 0 Å². The molecule has 0 aliphatic heterocycles. The van der Waals surface area contributed by atoms with Crippen LogP contribution in [0.1, 0.15) is 20.3 Å². The molecule has 0 saturated carbocycles. The van der Waals surface area contributed by atoms with E-state index < -0.39 is 0 Å². The Morgan fingerprint density at radius 3 is 2.64 bits per heavy atom. The maximum absolute atomic E-state index is 10.9. The number of ether oxygens (including phenoxy) is 1. The molecule has 0 saturated heterocycles. The fourth-order valence-electron chi connectivity index (χ4n) is 0.896. The van der Waals surface area contributed by atoms with Crippen LogP contribution in [0.25, 0.3) is 0 Å². The number of hydrogen-bond donors (Lipinski definition) is 1. The largest absolute Gasteiger partial charge is 0.382 e. The van der Waals surface area contributed by atoms with Gasteiger partial charge in [0, 0.05) is 13.2 Å². The topological polar surface area (TPSA) is 38.3 Å². The van der Waals surface area contributed by atoms with Gasteiger partial charge < -0.3 is 10.1 Å². The van der Waals surface area contributed by atoms with Crippen LogP contribution in [0.3, 0.4) is 0 Å². The molecule has 0 amide bonds. The Kier molecular flexibility index (Phi) is 6.07. The minimum Gasteiger partial charge on any atom is -0.382 e. The summed E-state index contributed by atoms with van der Waals surface area (Å²) in [6, 6.07) is -0.0402. The Hall–Kier alpha value is -0.410. The second-order valence-corrected chi connectivity index (χ2v) is 2.44. The van der Waals surface area contributed by atoms with Crippen molar-refractivity contribution in [2.75, 3.05) is 20.3 Å². The summed E-state index contributed by atoms with van der Waals surface area (Å²) in [6.45, 7) is 4.91. The van der Waals surface area contributed by atoms with Crippen molar-refractivity contribution in [1.82, 2.24) is 5.32 Å². The van der Waals surface area contributed by atoms with Crippen LogP contribution in [-0.2, 0) is 9.53 Å². The number of ketones is 1. The lowest BCUT2D eigenvalue weighted by Crippen LogP contribution is -2.33. The first-order chi connectivity index (χ1) is 5.22. The van der Waals surface area contributed by atoms with E-state index in [0.29, 0.717) is 13.2 Å². The Labute approximate surface area is 68.1 Å². The summed E-state index contributed by atoms with van der Waals surface area (Å²) in [7, 11) is 1.79. The summed E-state index contributed by atoms with van der Waals surface area (Å²) in [5.74, 6) is 0.173. The van der Waals surface area contributed by atoms with Gasteiger partial charge in [-0.1, -0.05) is 0 Å². The van der Waals surface area contributed by atoms with Crippen LogP contribution in [0.5, 0.6) is 0 Å². The van der Waals surface area contributed by atoms with Crippen molar-refractivity contribution in [3.8, 4) is 0 Å². The van der Waals surface area contributed by atoms with Crippen molar-refractivity contribution in [1.29, 1.82) is 0 Å². The van der Waals surface area contributed by atoms with E-state index in [2.05, 4.69) is 5.32 Å². The van der Waals surface area contributed by atoms with Gasteiger partial charge in [-0.2, -0.15) is 0 Å². The van der Waals surface area contributed by atoms with Crippen LogP contribution in [0.4, 0.5) is 0 Å². The van der Waals surface area contributed by atoms with Gasteiger partial charge in [0.15, 0.2) is 0 Å². The molecule has 0 aliphatic rings. The standard InChI is InChI=1S/C8H17NO2/c1-4-11-6-5-8(9-3)7(2)10/h8-9H,4-6H2,1-3H3/t8-/m0/s1. The molecule has 0 heterocycles. The van der Waals surface area contributed by atoms with Crippen LogP contribution in [0, 0.1) is 0 Å². The average molecular weight is 159 g/mol. The van der Waals surface area contributed by atoms with E-state index in [1.165, 1.54) is 0 Å². The lowest BCUT2D eigenvalue weighted by Gasteiger charge is -2.11. The van der Waals surface area contributed by atoms with E-state index in [4.69, 9.17) is 4.74 Å². The minimum atomic E-state index is -0.0402. The maximum atomic E-state index is 10.9. The Bertz CT molecular complexity index is 115. The minimum absolute atomic E-state index is 0.0402. The zero-order chi connectivity index (χ0) is 8.69. The van der Waals surface area contributed by atoms with Crippen LogP contribution in [-0.4, -0.2) is 32.1 Å². The first kappa shape index (κ1) is 10.6. The van der Waals surface area contributed by atoms with E-state index in [9.17, 15) is 4.79 Å². The number of likely N-dealkylation sites (N-methyl/N-ethyl adjacent to an activating group) is 1. The van der Waals surface area contributed by atoms with E-state index in [1.807, 2.05) is 6.92 Å². The van der Waals surface area contributed by atoms with Crippen LogP contribution in [0.15, 0.2) is 0 Å². The molecule has 0 unspecified atom stereocenters. The van der Waals surface area contributed by atoms with Gasteiger partial charge in [0.1, 0.15) is 5.78 Å². The molecule has 1 N–H and O–H groups in total. The molecule has 3 heteroatoms. The number of nitrogens with one attached hydrogen (secondary N) is 1. The Morgan fingerprint density at radius 1 is 1.64 bits per heavy atom. The number of carbonyl (C=O) groups is 1. The van der Waals surface area contributed by atoms with Gasteiger partial charge in [-0.05, 0) is 27.3 Å². The lowest BCUT2D eigenvalue weighted by molar-refractivity contribution is -0.119. The molecule has 0 radical (unpaired) electrons. The molecule has 0 aromatic rings. The van der Waals surface area contributed by atoms with E-state index in [-0.39, 0.29) is 11.8 Å². The van der Waals surface area contributed by atoms with Gasteiger partial charge in [0.25, 0.3) is 0 Å². The monoisotopic (exact) mass is 159 g/mol. The highest BCUT2D eigenvalue weighted by atomic mass is 16.5. The summed E-state index contributed by atoms with van der Waals surface area (Å²) < 4.78 is 5.12. The smallest absolute Gasteiger partial charge is 0.146 e. The fourth-order valence-corrected chi connectivity index (χ4v) is 0.896. The lowest BCUT2D eigenvalue weighted by atomic mass is 10.1. The van der Waals surface area contributed by atoms with Crippen LogP contribution < -0.4 is 5.32 Å². The predicted octanol–water partition coefficient (Wildman–Crippen LogP) is 0.590. The van der Waals surface area contributed by atoms with Crippen LogP contribution in [0.2, 0.25) is 0 Å². The quantitative estimate of drug-likeness (QED) is 0.576. The third kappa shape index (κ3) is 4.93. The third-order valence-electron chi connectivity index (χ3n) is 1.59. The molecule has 0 rings (SSSR count). The molecule has 0 bridgehead atoms. The summed E-state index contributed by atoms with van der Waals surface area (Å²) in [6.07, 6.45) is 0.764. The zero-order valence-corrected chi connectivity index (χ0v) is 7.52. The fraction of sp³-hybridized carbons (Fsp3) is 0.875. The first-order valence-electron chi connectivity index (χ1n) is 3.97. The van der Waals surface area contributed by atoms with Crippen molar-refractivity contribution < 1.29 is 9.53 Å². The van der Waals surface area contributed by atoms with E-state index >= 15 is 0 Å². The summed E-state index contributed by atoms with van der Waals surface area (Å²) >= 11 is 0. The molecular weight excluding hydrogens is 142 g/mol. The summed E-state index contributed by atoms with van der Waals surface area (Å²) in [5, 5.41) is 2.93. The SMILES string of the molecule is CCOCC[C@H](NC)C(C)=O. The van der Waals surface area contributed by atoms with Crippen LogP contribution >= 0.6 is 0 Å². The molecule has 0 aromatic heterocycles. The third-order valence-corrected chi connectivity index (χ3v) is 1.59. The Morgan fingerprint density at radius 2 is 2.27 bits per heavy atom. The maximum Gasteiger partial charge on any atom is 0.146 e. The summed E-state index contributed by atoms with van der Waals surface area (Å²) in [4.78, 5) is 10.9. The number of Topliss-reactive ketones (excluding diaryl/α,β-unsaturated/α-hetero) is 1. The highest BCUT2D eigenvalue weighted by Crippen LogP contribution is 1.93. The average Bonchev–Trinajstić information content (AvgIpc) is 1.97. The number of carbonyl (C=O) groups excluding carboxylic acids is 1. The van der Waals surface area contributed by atoms with Crippen molar-refractivity contribution >= 4 is 5.78 Å². The van der Waals surface area contributed by atoms with Gasteiger partial charge >= 0.3 is 0 Å². The van der Waals surface area contributed by atoms with Crippen molar-refractivity contribution in [2.24, 2.45) is 0 Å². The molecule has 1 atom stereocenters. The van der Waals surface area contributed by atoms with Gasteiger partial charge in [0.05, 0.1) is 6.04 Å². The van der Waals surface area contributed by atoms with Crippen molar-refractivity contribution in [2.45, 2.75) is 26.3 Å². The second kappa shape index (κ2) is 6.31. The predicted molar refractivity (Wildman–Crippen MR) is 44.6 cm³/mol. The molecule has 3 nitrogen and oxygen atoms in total. The molecule has 0 spiro atoms. The molecule has 0 aliphatic carbocycles. The van der Waals surface area contributed by atoms with E-state index in [1.54, 1.807) is 14.0 Å². The Balaban J connectivity index is 3.44. The molecular formula is C8H17NO2. The van der Waals surface area contributed by atoms with Gasteiger partial charge in [-0.15, -0.1) is 0 Å². The highest BCUT2D eigenvalue weighted by Gasteiger charge is 2.09. The highest BCUT2D eigenvalue weighted by molar-refractivity contribution is 5.81. The molecule has 66 valence electrons. The van der Waals surface area contributed by atoms with E-state index in [0.717, 1.165) is 6.42 Å². The molecule has 0 fully saturated rings. The van der Waals surface area contributed by atoms with Crippen molar-refractivity contribution in [3.63, 3.8) is 0 Å². The van der Waals surface area contributed by atoms with Gasteiger partial charge in [-0.3, -0.25) is 4.79 Å². The molecule has 11 heavy (non-hydrogen) atoms. The molecule has 0 aromatic carbocycles. The summed E-state index contributed by atoms with van der Waals surface area (Å²) in [5.41, 5.74) is 0. The first-order valence-corrected chi connectivity index (χ1v) is 3.97. The van der Waals surface area contributed by atoms with Gasteiger partial charge in [-0.25, -0.2) is 0 Å².